The fraction of sp³-hybridized carbons (Fsp3) is 0.417. The lowest BCUT2D eigenvalue weighted by molar-refractivity contribution is 0.183. The lowest BCUT2D eigenvalue weighted by atomic mass is 10.1. The molecule has 0 spiro atoms. The molecule has 0 bridgehead atoms. The molecule has 16 heavy (non-hydrogen) atoms. The Morgan fingerprint density at radius 3 is 2.50 bits per heavy atom. The van der Waals surface area contributed by atoms with Crippen molar-refractivity contribution in [1.29, 1.82) is 0 Å². The average molecular weight is 223 g/mol. The van der Waals surface area contributed by atoms with Gasteiger partial charge in [0.1, 0.15) is 12.4 Å². The van der Waals surface area contributed by atoms with Gasteiger partial charge in [-0.25, -0.2) is 4.79 Å². The average Bonchev–Trinajstić information content (AvgIpc) is 2.15. The van der Waals surface area contributed by atoms with E-state index in [0.717, 1.165) is 16.9 Å². The van der Waals surface area contributed by atoms with Crippen LogP contribution in [0.2, 0.25) is 0 Å². The molecule has 1 unspecified atom stereocenters. The van der Waals surface area contributed by atoms with E-state index in [9.17, 15) is 4.79 Å². The molecule has 1 amide bonds. The van der Waals surface area contributed by atoms with Crippen LogP contribution in [0.3, 0.4) is 0 Å². The Morgan fingerprint density at radius 2 is 2.00 bits per heavy atom. The first-order valence-electron chi connectivity index (χ1n) is 5.19. The summed E-state index contributed by atoms with van der Waals surface area (Å²) in [6.07, 6.45) is -1.03. The van der Waals surface area contributed by atoms with Crippen LogP contribution < -0.4 is 10.1 Å². The summed E-state index contributed by atoms with van der Waals surface area (Å²) in [5, 5.41) is 10.9. The number of aryl methyl sites for hydroxylation is 2. The van der Waals surface area contributed by atoms with Crippen LogP contribution in [0.1, 0.15) is 18.1 Å². The van der Waals surface area contributed by atoms with Crippen LogP contribution >= 0.6 is 0 Å². The van der Waals surface area contributed by atoms with Gasteiger partial charge in [-0.3, -0.25) is 0 Å². The van der Waals surface area contributed by atoms with E-state index < -0.39 is 6.09 Å². The van der Waals surface area contributed by atoms with Crippen LogP contribution in [-0.2, 0) is 0 Å². The van der Waals surface area contributed by atoms with Gasteiger partial charge in [-0.15, -0.1) is 0 Å². The van der Waals surface area contributed by atoms with Crippen molar-refractivity contribution in [3.05, 3.63) is 29.3 Å². The summed E-state index contributed by atoms with van der Waals surface area (Å²) in [7, 11) is 0. The minimum absolute atomic E-state index is 0.225. The van der Waals surface area contributed by atoms with Crippen molar-refractivity contribution >= 4 is 6.09 Å². The van der Waals surface area contributed by atoms with Gasteiger partial charge in [-0.05, 0) is 31.9 Å². The minimum atomic E-state index is -1.03. The molecule has 0 fully saturated rings. The number of nitrogens with one attached hydrogen (secondary N) is 1. The zero-order valence-corrected chi connectivity index (χ0v) is 9.78. The second-order valence-electron chi connectivity index (χ2n) is 3.88. The van der Waals surface area contributed by atoms with E-state index in [1.54, 1.807) is 6.92 Å². The van der Waals surface area contributed by atoms with Crippen LogP contribution in [0.5, 0.6) is 5.75 Å². The van der Waals surface area contributed by atoms with E-state index in [-0.39, 0.29) is 6.04 Å². The van der Waals surface area contributed by atoms with Gasteiger partial charge in [0.15, 0.2) is 0 Å². The van der Waals surface area contributed by atoms with Crippen LogP contribution in [0.25, 0.3) is 0 Å². The quantitative estimate of drug-likeness (QED) is 0.823. The molecule has 0 saturated heterocycles. The number of rotatable bonds is 4. The Bertz CT molecular complexity index is 356. The molecule has 4 nitrogen and oxygen atoms in total. The predicted molar refractivity (Wildman–Crippen MR) is 62.0 cm³/mol. The maximum atomic E-state index is 10.4. The lowest BCUT2D eigenvalue weighted by Gasteiger charge is -2.16. The third-order valence-electron chi connectivity index (χ3n) is 2.26. The van der Waals surface area contributed by atoms with E-state index in [4.69, 9.17) is 9.84 Å². The highest BCUT2D eigenvalue weighted by atomic mass is 16.5. The molecule has 0 heterocycles. The lowest BCUT2D eigenvalue weighted by Crippen LogP contribution is -2.35. The number of amides is 1. The van der Waals surface area contributed by atoms with Crippen molar-refractivity contribution in [2.75, 3.05) is 6.61 Å². The van der Waals surface area contributed by atoms with Gasteiger partial charge in [0.2, 0.25) is 0 Å². The molecule has 1 atom stereocenters. The molecule has 0 saturated carbocycles. The summed E-state index contributed by atoms with van der Waals surface area (Å²) in [5.74, 6) is 0.835. The fourth-order valence-electron chi connectivity index (χ4n) is 1.49. The van der Waals surface area contributed by atoms with E-state index in [1.807, 2.05) is 32.0 Å². The fourth-order valence-corrected chi connectivity index (χ4v) is 1.49. The Balaban J connectivity index is 2.57. The molecule has 0 aliphatic rings. The van der Waals surface area contributed by atoms with Gasteiger partial charge < -0.3 is 15.2 Å². The molecular formula is C12H17NO3. The zero-order valence-electron chi connectivity index (χ0n) is 9.78. The van der Waals surface area contributed by atoms with Gasteiger partial charge in [-0.2, -0.15) is 0 Å². The monoisotopic (exact) mass is 223 g/mol. The highest BCUT2D eigenvalue weighted by molar-refractivity contribution is 5.64. The van der Waals surface area contributed by atoms with Gasteiger partial charge in [-0.1, -0.05) is 18.2 Å². The number of hydrogen-bond acceptors (Lipinski definition) is 2. The predicted octanol–water partition coefficient (Wildman–Crippen LogP) is 2.34. The topological polar surface area (TPSA) is 58.6 Å². The number of hydrogen-bond donors (Lipinski definition) is 2. The van der Waals surface area contributed by atoms with Crippen LogP contribution in [0.15, 0.2) is 18.2 Å². The normalized spacial score (nSPS) is 11.9. The Hall–Kier alpha value is -1.71. The Morgan fingerprint density at radius 1 is 1.44 bits per heavy atom. The van der Waals surface area contributed by atoms with E-state index >= 15 is 0 Å². The molecule has 0 aliphatic heterocycles. The van der Waals surface area contributed by atoms with Gasteiger partial charge in [0, 0.05) is 0 Å². The first-order chi connectivity index (χ1) is 7.50. The molecule has 0 radical (unpaired) electrons. The molecular weight excluding hydrogens is 206 g/mol. The van der Waals surface area contributed by atoms with Gasteiger partial charge in [0.05, 0.1) is 6.04 Å². The second-order valence-corrected chi connectivity index (χ2v) is 3.88. The van der Waals surface area contributed by atoms with Crippen molar-refractivity contribution < 1.29 is 14.6 Å². The van der Waals surface area contributed by atoms with Gasteiger partial charge in [0.25, 0.3) is 0 Å². The van der Waals surface area contributed by atoms with Crippen molar-refractivity contribution in [3.8, 4) is 5.75 Å². The van der Waals surface area contributed by atoms with Crippen LogP contribution in [-0.4, -0.2) is 23.8 Å². The number of carboxylic acid groups (broad SMARTS) is 1. The standard InChI is InChI=1S/C12H17NO3/c1-8-5-4-6-9(2)11(8)16-7-10(3)13-12(14)15/h4-6,10,13H,7H2,1-3H3,(H,14,15). The number of ether oxygens (including phenoxy) is 1. The summed E-state index contributed by atoms with van der Waals surface area (Å²) in [4.78, 5) is 10.4. The largest absolute Gasteiger partial charge is 0.491 e. The molecule has 4 heteroatoms. The maximum absolute atomic E-state index is 10.4. The Kier molecular flexibility index (Phi) is 4.17. The second kappa shape index (κ2) is 5.39. The van der Waals surface area contributed by atoms with Crippen molar-refractivity contribution in [3.63, 3.8) is 0 Å². The minimum Gasteiger partial charge on any atom is -0.491 e. The molecule has 0 aliphatic carbocycles. The van der Waals surface area contributed by atoms with Crippen LogP contribution in [0, 0.1) is 13.8 Å². The summed E-state index contributed by atoms with van der Waals surface area (Å²) in [6, 6.07) is 5.68. The summed E-state index contributed by atoms with van der Waals surface area (Å²) >= 11 is 0. The first-order valence-corrected chi connectivity index (χ1v) is 5.19. The number of para-hydroxylation sites is 1. The molecule has 1 rings (SSSR count). The molecule has 88 valence electrons. The SMILES string of the molecule is Cc1cccc(C)c1OCC(C)NC(=O)O. The third-order valence-corrected chi connectivity index (χ3v) is 2.26. The first kappa shape index (κ1) is 12.4. The van der Waals surface area contributed by atoms with Crippen LogP contribution in [0.4, 0.5) is 4.79 Å². The molecule has 1 aromatic rings. The molecule has 2 N–H and O–H groups in total. The smallest absolute Gasteiger partial charge is 0.404 e. The number of benzene rings is 1. The summed E-state index contributed by atoms with van der Waals surface area (Å²) in [5.41, 5.74) is 2.12. The van der Waals surface area contributed by atoms with Crippen molar-refractivity contribution in [2.24, 2.45) is 0 Å². The number of carbonyl (C=O) groups is 1. The molecule has 0 aromatic heterocycles. The van der Waals surface area contributed by atoms with E-state index in [1.165, 1.54) is 0 Å². The van der Waals surface area contributed by atoms with E-state index in [0.29, 0.717) is 6.61 Å². The van der Waals surface area contributed by atoms with Crippen molar-refractivity contribution in [2.45, 2.75) is 26.8 Å². The van der Waals surface area contributed by atoms with E-state index in [2.05, 4.69) is 5.32 Å². The van der Waals surface area contributed by atoms with Crippen molar-refractivity contribution in [1.82, 2.24) is 5.32 Å². The summed E-state index contributed by atoms with van der Waals surface area (Å²) < 4.78 is 5.60. The maximum Gasteiger partial charge on any atom is 0.404 e. The Labute approximate surface area is 95.2 Å². The highest BCUT2D eigenvalue weighted by Crippen LogP contribution is 2.22. The third kappa shape index (κ3) is 3.46. The zero-order chi connectivity index (χ0) is 12.1. The highest BCUT2D eigenvalue weighted by Gasteiger charge is 2.08. The molecule has 1 aromatic carbocycles. The summed E-state index contributed by atoms with van der Waals surface area (Å²) in [6.45, 7) is 6.04. The van der Waals surface area contributed by atoms with Gasteiger partial charge >= 0.3 is 6.09 Å².